The summed E-state index contributed by atoms with van der Waals surface area (Å²) < 4.78 is 0. The number of aromatic nitrogens is 2. The van der Waals surface area contributed by atoms with Gasteiger partial charge in [-0.15, -0.1) is 0 Å². The van der Waals surface area contributed by atoms with Gasteiger partial charge in [0.15, 0.2) is 0 Å². The van der Waals surface area contributed by atoms with E-state index in [9.17, 15) is 0 Å². The van der Waals surface area contributed by atoms with Crippen LogP contribution in [-0.2, 0) is 6.42 Å². The summed E-state index contributed by atoms with van der Waals surface area (Å²) in [6.45, 7) is 0. The summed E-state index contributed by atoms with van der Waals surface area (Å²) in [5.41, 5.74) is 8.76. The molecule has 1 aliphatic rings. The van der Waals surface area contributed by atoms with Crippen molar-refractivity contribution in [1.82, 2.24) is 9.97 Å². The van der Waals surface area contributed by atoms with Crippen LogP contribution in [-0.4, -0.2) is 16.0 Å². The summed E-state index contributed by atoms with van der Waals surface area (Å²) in [6.07, 6.45) is 5.96. The molecule has 0 saturated carbocycles. The predicted octanol–water partition coefficient (Wildman–Crippen LogP) is 1.51. The molecule has 4 nitrogen and oxygen atoms in total. The van der Waals surface area contributed by atoms with E-state index in [0.29, 0.717) is 0 Å². The van der Waals surface area contributed by atoms with Gasteiger partial charge < -0.3 is 11.1 Å². The minimum atomic E-state index is 0.0920. The smallest absolute Gasteiger partial charge is 0.144 e. The van der Waals surface area contributed by atoms with Gasteiger partial charge in [0.05, 0.1) is 12.2 Å². The van der Waals surface area contributed by atoms with E-state index in [0.717, 1.165) is 12.2 Å². The number of benzene rings is 1. The number of nitrogens with one attached hydrogen (secondary N) is 1. The zero-order chi connectivity index (χ0) is 11.7. The van der Waals surface area contributed by atoms with Crippen LogP contribution < -0.4 is 11.1 Å². The van der Waals surface area contributed by atoms with Crippen LogP contribution in [0.2, 0.25) is 0 Å². The second-order valence-corrected chi connectivity index (χ2v) is 4.28. The Labute approximate surface area is 99.9 Å². The zero-order valence-electron chi connectivity index (χ0n) is 9.38. The zero-order valence-corrected chi connectivity index (χ0v) is 9.38. The second-order valence-electron chi connectivity index (χ2n) is 4.28. The van der Waals surface area contributed by atoms with Gasteiger partial charge in [-0.05, 0) is 17.5 Å². The molecule has 2 aromatic rings. The quantitative estimate of drug-likeness (QED) is 0.814. The molecule has 1 aromatic heterocycles. The van der Waals surface area contributed by atoms with Crippen LogP contribution in [0.3, 0.4) is 0 Å². The monoisotopic (exact) mass is 226 g/mol. The molecule has 0 saturated heterocycles. The van der Waals surface area contributed by atoms with Crippen molar-refractivity contribution in [3.05, 3.63) is 54.0 Å². The lowest BCUT2D eigenvalue weighted by Gasteiger charge is -2.18. The maximum Gasteiger partial charge on any atom is 0.144 e. The number of hydrogen-bond donors (Lipinski definition) is 2. The number of nitrogens with two attached hydrogens (primary N) is 1. The van der Waals surface area contributed by atoms with E-state index in [2.05, 4.69) is 33.5 Å². The van der Waals surface area contributed by atoms with Crippen molar-refractivity contribution in [2.75, 3.05) is 5.32 Å². The first-order valence-electron chi connectivity index (χ1n) is 5.70. The molecule has 86 valence electrons. The highest BCUT2D eigenvalue weighted by Crippen LogP contribution is 2.32. The first-order valence-corrected chi connectivity index (χ1v) is 5.70. The van der Waals surface area contributed by atoms with Crippen molar-refractivity contribution >= 4 is 5.82 Å². The van der Waals surface area contributed by atoms with Gasteiger partial charge in [0.2, 0.25) is 0 Å². The first kappa shape index (κ1) is 10.2. The fourth-order valence-electron chi connectivity index (χ4n) is 2.34. The van der Waals surface area contributed by atoms with Crippen molar-refractivity contribution in [3.8, 4) is 0 Å². The standard InChI is InChI=1S/C13H14N4/c14-11-7-9-3-1-2-4-10(9)13(11)17-12-8-15-5-6-16-12/h1-6,8,11,13H,7,14H2,(H,16,17). The molecule has 17 heavy (non-hydrogen) atoms. The Morgan fingerprint density at radius 3 is 2.94 bits per heavy atom. The molecule has 1 aromatic carbocycles. The Morgan fingerprint density at radius 2 is 2.12 bits per heavy atom. The van der Waals surface area contributed by atoms with E-state index in [1.54, 1.807) is 18.6 Å². The van der Waals surface area contributed by atoms with Crippen molar-refractivity contribution < 1.29 is 0 Å². The summed E-state index contributed by atoms with van der Waals surface area (Å²) in [6, 6.07) is 8.57. The maximum absolute atomic E-state index is 6.17. The van der Waals surface area contributed by atoms with Crippen LogP contribution in [0, 0.1) is 0 Å². The number of hydrogen-bond acceptors (Lipinski definition) is 4. The number of rotatable bonds is 2. The molecule has 3 N–H and O–H groups in total. The summed E-state index contributed by atoms with van der Waals surface area (Å²) in [5.74, 6) is 0.768. The van der Waals surface area contributed by atoms with E-state index in [1.807, 2.05) is 6.07 Å². The molecular weight excluding hydrogens is 212 g/mol. The third-order valence-corrected chi connectivity index (χ3v) is 3.14. The van der Waals surface area contributed by atoms with Crippen LogP contribution in [0.4, 0.5) is 5.82 Å². The van der Waals surface area contributed by atoms with E-state index < -0.39 is 0 Å². The molecule has 1 heterocycles. The van der Waals surface area contributed by atoms with Crippen LogP contribution in [0.1, 0.15) is 17.2 Å². The summed E-state index contributed by atoms with van der Waals surface area (Å²) >= 11 is 0. The van der Waals surface area contributed by atoms with E-state index in [1.165, 1.54) is 11.1 Å². The minimum absolute atomic E-state index is 0.0920. The van der Waals surface area contributed by atoms with Crippen LogP contribution >= 0.6 is 0 Å². The van der Waals surface area contributed by atoms with Crippen molar-refractivity contribution in [3.63, 3.8) is 0 Å². The molecular formula is C13H14N4. The number of fused-ring (bicyclic) bond motifs is 1. The summed E-state index contributed by atoms with van der Waals surface area (Å²) in [7, 11) is 0. The first-order chi connectivity index (χ1) is 8.34. The van der Waals surface area contributed by atoms with Gasteiger partial charge >= 0.3 is 0 Å². The van der Waals surface area contributed by atoms with Gasteiger partial charge in [-0.1, -0.05) is 24.3 Å². The lowest BCUT2D eigenvalue weighted by atomic mass is 10.1. The average molecular weight is 226 g/mol. The highest BCUT2D eigenvalue weighted by atomic mass is 15.1. The van der Waals surface area contributed by atoms with Gasteiger partial charge in [0.1, 0.15) is 5.82 Å². The Balaban J connectivity index is 1.89. The van der Waals surface area contributed by atoms with Gasteiger partial charge in [0, 0.05) is 18.4 Å². The molecule has 0 aliphatic heterocycles. The van der Waals surface area contributed by atoms with Crippen molar-refractivity contribution in [2.45, 2.75) is 18.5 Å². The fraction of sp³-hybridized carbons (Fsp3) is 0.231. The molecule has 4 heteroatoms. The molecule has 1 aliphatic carbocycles. The van der Waals surface area contributed by atoms with Crippen molar-refractivity contribution in [2.24, 2.45) is 5.73 Å². The maximum atomic E-state index is 6.17. The largest absolute Gasteiger partial charge is 0.360 e. The van der Waals surface area contributed by atoms with E-state index >= 15 is 0 Å². The minimum Gasteiger partial charge on any atom is -0.360 e. The normalized spacial score (nSPS) is 22.2. The van der Waals surface area contributed by atoms with E-state index in [-0.39, 0.29) is 12.1 Å². The Bertz CT molecular complexity index is 512. The molecule has 2 unspecified atom stereocenters. The third-order valence-electron chi connectivity index (χ3n) is 3.14. The summed E-state index contributed by atoms with van der Waals surface area (Å²) in [4.78, 5) is 8.26. The van der Waals surface area contributed by atoms with E-state index in [4.69, 9.17) is 5.73 Å². The van der Waals surface area contributed by atoms with Gasteiger partial charge in [0.25, 0.3) is 0 Å². The highest BCUT2D eigenvalue weighted by molar-refractivity contribution is 5.44. The Kier molecular flexibility index (Phi) is 2.49. The lowest BCUT2D eigenvalue weighted by molar-refractivity contribution is 0.623. The SMILES string of the molecule is NC1Cc2ccccc2C1Nc1cnccn1. The third kappa shape index (κ3) is 1.87. The van der Waals surface area contributed by atoms with Crippen LogP contribution in [0.25, 0.3) is 0 Å². The van der Waals surface area contributed by atoms with Crippen LogP contribution in [0.5, 0.6) is 0 Å². The predicted molar refractivity (Wildman–Crippen MR) is 66.5 cm³/mol. The molecule has 0 spiro atoms. The summed E-state index contributed by atoms with van der Waals surface area (Å²) in [5, 5.41) is 3.35. The molecule has 0 amide bonds. The second kappa shape index (κ2) is 4.14. The number of anilines is 1. The Morgan fingerprint density at radius 1 is 1.24 bits per heavy atom. The number of nitrogens with zero attached hydrogens (tertiary/aromatic N) is 2. The molecule has 0 fully saturated rings. The van der Waals surface area contributed by atoms with Crippen molar-refractivity contribution in [1.29, 1.82) is 0 Å². The van der Waals surface area contributed by atoms with Crippen LogP contribution in [0.15, 0.2) is 42.9 Å². The Hall–Kier alpha value is -1.94. The molecule has 2 atom stereocenters. The lowest BCUT2D eigenvalue weighted by Crippen LogP contribution is -2.30. The topological polar surface area (TPSA) is 63.8 Å². The average Bonchev–Trinajstić information content (AvgIpc) is 2.68. The highest BCUT2D eigenvalue weighted by Gasteiger charge is 2.29. The molecule has 0 radical (unpaired) electrons. The van der Waals surface area contributed by atoms with Gasteiger partial charge in [-0.2, -0.15) is 0 Å². The molecule has 3 rings (SSSR count). The van der Waals surface area contributed by atoms with Gasteiger partial charge in [-0.3, -0.25) is 4.98 Å². The fourth-order valence-corrected chi connectivity index (χ4v) is 2.34. The van der Waals surface area contributed by atoms with Gasteiger partial charge in [-0.25, -0.2) is 4.98 Å². The molecule has 0 bridgehead atoms.